The third-order valence-electron chi connectivity index (χ3n) is 2.73. The van der Waals surface area contributed by atoms with Crippen LogP contribution in [-0.4, -0.2) is 12.5 Å². The summed E-state index contributed by atoms with van der Waals surface area (Å²) in [5, 5.41) is 2.97. The molecule has 5 nitrogen and oxygen atoms in total. The number of nitrogens with two attached hydrogens (primary N) is 2. The minimum atomic E-state index is -2.87. The number of ether oxygens (including phenoxy) is 1. The molecular weight excluding hydrogens is 280 g/mol. The van der Waals surface area contributed by atoms with Crippen LogP contribution in [-0.2, 0) is 0 Å². The predicted molar refractivity (Wildman–Crippen MR) is 75.7 cm³/mol. The molecule has 0 saturated carbocycles. The van der Waals surface area contributed by atoms with Crippen LogP contribution in [0.25, 0.3) is 0 Å². The summed E-state index contributed by atoms with van der Waals surface area (Å²) in [6, 6.07) is 10.7. The van der Waals surface area contributed by atoms with E-state index in [1.165, 1.54) is 18.2 Å². The van der Waals surface area contributed by atoms with Crippen molar-refractivity contribution in [1.82, 2.24) is 0 Å². The van der Waals surface area contributed by atoms with Crippen LogP contribution >= 0.6 is 0 Å². The first-order chi connectivity index (χ1) is 9.97. The number of nitrogens with one attached hydrogen (secondary N) is 1. The largest absolute Gasteiger partial charge is 0.435 e. The molecule has 0 radical (unpaired) electrons. The van der Waals surface area contributed by atoms with E-state index < -0.39 is 12.5 Å². The van der Waals surface area contributed by atoms with Crippen LogP contribution in [0.3, 0.4) is 0 Å². The Morgan fingerprint density at radius 2 is 1.81 bits per heavy atom. The van der Waals surface area contributed by atoms with Gasteiger partial charge in [-0.25, -0.2) is 0 Å². The van der Waals surface area contributed by atoms with Crippen molar-refractivity contribution in [2.24, 2.45) is 5.73 Å². The number of carbonyl (C=O) groups is 1. The summed E-state index contributed by atoms with van der Waals surface area (Å²) in [6.07, 6.45) is 0. The molecule has 0 saturated heterocycles. The lowest BCUT2D eigenvalue weighted by molar-refractivity contribution is -0.0498. The molecular formula is C14H13F2N3O2. The zero-order valence-electron chi connectivity index (χ0n) is 10.8. The summed E-state index contributed by atoms with van der Waals surface area (Å²) >= 11 is 0. The van der Waals surface area contributed by atoms with Gasteiger partial charge in [0.25, 0.3) is 5.91 Å². The van der Waals surface area contributed by atoms with Crippen LogP contribution in [0.5, 0.6) is 5.75 Å². The van der Waals surface area contributed by atoms with E-state index in [-0.39, 0.29) is 17.0 Å². The van der Waals surface area contributed by atoms with Crippen molar-refractivity contribution in [2.45, 2.75) is 6.61 Å². The highest BCUT2D eigenvalue weighted by molar-refractivity contribution is 6.01. The van der Waals surface area contributed by atoms with Gasteiger partial charge in [0.2, 0.25) is 0 Å². The lowest BCUT2D eigenvalue weighted by Gasteiger charge is -2.12. The average molecular weight is 293 g/mol. The third kappa shape index (κ3) is 3.59. The molecule has 21 heavy (non-hydrogen) atoms. The van der Waals surface area contributed by atoms with Gasteiger partial charge in [-0.15, -0.1) is 0 Å². The minimum absolute atomic E-state index is 0.0504. The van der Waals surface area contributed by atoms with Gasteiger partial charge in [0.05, 0.1) is 16.9 Å². The van der Waals surface area contributed by atoms with Crippen LogP contribution in [0.4, 0.5) is 25.8 Å². The Bertz CT molecular complexity index is 645. The van der Waals surface area contributed by atoms with Crippen molar-refractivity contribution in [3.05, 3.63) is 48.0 Å². The van der Waals surface area contributed by atoms with Gasteiger partial charge >= 0.3 is 6.61 Å². The van der Waals surface area contributed by atoms with Crippen molar-refractivity contribution in [3.63, 3.8) is 0 Å². The van der Waals surface area contributed by atoms with Gasteiger partial charge in [0.15, 0.2) is 0 Å². The van der Waals surface area contributed by atoms with Gasteiger partial charge < -0.3 is 21.5 Å². The van der Waals surface area contributed by atoms with Crippen LogP contribution in [0.1, 0.15) is 10.4 Å². The minimum Gasteiger partial charge on any atom is -0.435 e. The highest BCUT2D eigenvalue weighted by atomic mass is 19.3. The Morgan fingerprint density at radius 1 is 1.14 bits per heavy atom. The zero-order chi connectivity index (χ0) is 15.4. The molecule has 0 spiro atoms. The Balaban J connectivity index is 2.19. The molecule has 0 aliphatic heterocycles. The number of halogens is 2. The zero-order valence-corrected chi connectivity index (χ0v) is 10.8. The molecule has 2 aromatic rings. The topological polar surface area (TPSA) is 90.4 Å². The highest BCUT2D eigenvalue weighted by Crippen LogP contribution is 2.27. The molecule has 0 aromatic heterocycles. The monoisotopic (exact) mass is 293 g/mol. The van der Waals surface area contributed by atoms with Crippen molar-refractivity contribution in [1.29, 1.82) is 0 Å². The average Bonchev–Trinajstić information content (AvgIpc) is 2.42. The smallest absolute Gasteiger partial charge is 0.387 e. The van der Waals surface area contributed by atoms with E-state index in [4.69, 9.17) is 11.5 Å². The molecule has 0 aliphatic rings. The molecule has 0 heterocycles. The van der Waals surface area contributed by atoms with Gasteiger partial charge in [-0.2, -0.15) is 8.78 Å². The van der Waals surface area contributed by atoms with Crippen LogP contribution < -0.4 is 21.5 Å². The second-order valence-electron chi connectivity index (χ2n) is 4.16. The number of primary amides is 1. The number of rotatable bonds is 5. The summed E-state index contributed by atoms with van der Waals surface area (Å²) in [6.45, 7) is -2.87. The van der Waals surface area contributed by atoms with E-state index >= 15 is 0 Å². The Kier molecular flexibility index (Phi) is 4.22. The first-order valence-corrected chi connectivity index (χ1v) is 5.97. The number of carbonyl (C=O) groups excluding carboxylic acids is 1. The summed E-state index contributed by atoms with van der Waals surface area (Å²) in [7, 11) is 0. The first-order valence-electron chi connectivity index (χ1n) is 5.97. The Hall–Kier alpha value is -2.83. The lowest BCUT2D eigenvalue weighted by atomic mass is 10.1. The number of nitrogen functional groups attached to an aromatic ring is 1. The van der Waals surface area contributed by atoms with E-state index in [1.54, 1.807) is 24.3 Å². The number of hydrogen-bond donors (Lipinski definition) is 3. The quantitative estimate of drug-likeness (QED) is 0.739. The molecule has 0 atom stereocenters. The maximum absolute atomic E-state index is 12.0. The van der Waals surface area contributed by atoms with Gasteiger partial charge in [0.1, 0.15) is 5.75 Å². The molecule has 0 aliphatic carbocycles. The molecule has 0 bridgehead atoms. The van der Waals surface area contributed by atoms with Crippen molar-refractivity contribution >= 4 is 23.0 Å². The number of amides is 1. The van der Waals surface area contributed by atoms with Crippen molar-refractivity contribution < 1.29 is 18.3 Å². The maximum atomic E-state index is 12.0. The molecule has 7 heteroatoms. The molecule has 2 aromatic carbocycles. The molecule has 1 amide bonds. The SMILES string of the molecule is NC(=O)c1cccc(Nc2ccc(OC(F)F)cc2)c1N. The number of hydrogen-bond acceptors (Lipinski definition) is 4. The van der Waals surface area contributed by atoms with E-state index in [9.17, 15) is 13.6 Å². The predicted octanol–water partition coefficient (Wildman–Crippen LogP) is 2.71. The number of anilines is 3. The van der Waals surface area contributed by atoms with Crippen LogP contribution in [0.2, 0.25) is 0 Å². The number of para-hydroxylation sites is 1. The summed E-state index contributed by atoms with van der Waals surface area (Å²) in [4.78, 5) is 11.2. The first kappa shape index (κ1) is 14.6. The van der Waals surface area contributed by atoms with E-state index in [0.29, 0.717) is 11.4 Å². The Labute approximate surface area is 119 Å². The maximum Gasteiger partial charge on any atom is 0.387 e. The van der Waals surface area contributed by atoms with Crippen LogP contribution in [0, 0.1) is 0 Å². The second-order valence-corrected chi connectivity index (χ2v) is 4.16. The molecule has 110 valence electrons. The van der Waals surface area contributed by atoms with E-state index in [1.807, 2.05) is 0 Å². The Morgan fingerprint density at radius 3 is 2.38 bits per heavy atom. The molecule has 0 unspecified atom stereocenters. The second kappa shape index (κ2) is 6.08. The fourth-order valence-corrected chi connectivity index (χ4v) is 1.76. The third-order valence-corrected chi connectivity index (χ3v) is 2.73. The van der Waals surface area contributed by atoms with Crippen molar-refractivity contribution in [3.8, 4) is 5.75 Å². The van der Waals surface area contributed by atoms with Crippen molar-refractivity contribution in [2.75, 3.05) is 11.1 Å². The fourth-order valence-electron chi connectivity index (χ4n) is 1.76. The number of alkyl halides is 2. The number of benzene rings is 2. The highest BCUT2D eigenvalue weighted by Gasteiger charge is 2.10. The summed E-state index contributed by atoms with van der Waals surface area (Å²) < 4.78 is 28.3. The van der Waals surface area contributed by atoms with Gasteiger partial charge in [-0.05, 0) is 36.4 Å². The molecule has 2 rings (SSSR count). The molecule has 0 fully saturated rings. The lowest BCUT2D eigenvalue weighted by Crippen LogP contribution is -2.14. The fraction of sp³-hybridized carbons (Fsp3) is 0.0714. The molecule has 5 N–H and O–H groups in total. The normalized spacial score (nSPS) is 10.4. The summed E-state index contributed by atoms with van der Waals surface area (Å²) in [5.41, 5.74) is 12.6. The van der Waals surface area contributed by atoms with Gasteiger partial charge in [0, 0.05) is 5.69 Å². The van der Waals surface area contributed by atoms with Crippen LogP contribution in [0.15, 0.2) is 42.5 Å². The summed E-state index contributed by atoms with van der Waals surface area (Å²) in [5.74, 6) is -0.578. The van der Waals surface area contributed by atoms with Gasteiger partial charge in [-0.3, -0.25) is 4.79 Å². The van der Waals surface area contributed by atoms with E-state index in [0.717, 1.165) is 0 Å². The van der Waals surface area contributed by atoms with Gasteiger partial charge in [-0.1, -0.05) is 6.07 Å². The standard InChI is InChI=1S/C14H13F2N3O2/c15-14(16)21-9-6-4-8(5-7-9)19-11-3-1-2-10(12(11)17)13(18)20/h1-7,14,19H,17H2,(H2,18,20). The van der Waals surface area contributed by atoms with E-state index in [2.05, 4.69) is 10.1 Å².